The highest BCUT2D eigenvalue weighted by molar-refractivity contribution is 7.93. The van der Waals surface area contributed by atoms with Gasteiger partial charge in [-0.2, -0.15) is 4.31 Å². The number of carbonyl (C=O) groups is 2. The van der Waals surface area contributed by atoms with Gasteiger partial charge in [-0.1, -0.05) is 36.4 Å². The van der Waals surface area contributed by atoms with E-state index in [0.717, 1.165) is 11.8 Å². The molecule has 310 valence electrons. The molecule has 3 aliphatic rings. The average Bonchev–Trinajstić information content (AvgIpc) is 3.91. The number of nitrogens with zero attached hydrogens (tertiary/aromatic N) is 2. The van der Waals surface area contributed by atoms with Gasteiger partial charge in [-0.3, -0.25) is 4.79 Å². The predicted octanol–water partition coefficient (Wildman–Crippen LogP) is 4.85. The smallest absolute Gasteiger partial charge is 0.410 e. The van der Waals surface area contributed by atoms with Crippen molar-refractivity contribution >= 4 is 32.2 Å². The fourth-order valence-corrected chi connectivity index (χ4v) is 10.8. The van der Waals surface area contributed by atoms with Gasteiger partial charge >= 0.3 is 6.09 Å². The van der Waals surface area contributed by atoms with Gasteiger partial charge in [-0.25, -0.2) is 21.6 Å². The fourth-order valence-electron chi connectivity index (χ4n) is 7.36. The standard InChI is InChI=1S/C41H52N2O12S2/c1-5-52-36-14-13-31(30-11-9-29(25-44)10-12-30)21-37(36)57(50,51)42-19-17-40(18-20-42)23-32(26-54-40)43(38(47)55-39(2,3)4)24-33(46)27-53-34-7-6-8-35(22-34)56(48,49)41(28-45)15-16-41/h6-14,21-22,25,32-33,45-46H,5,15-20,23-24,26-28H2,1-4H3/t32-,33+/m1/s1. The van der Waals surface area contributed by atoms with Crippen molar-refractivity contribution in [3.8, 4) is 22.6 Å². The minimum Gasteiger partial charge on any atom is -0.492 e. The van der Waals surface area contributed by atoms with Crippen molar-refractivity contribution in [2.45, 2.75) is 97.7 Å². The number of aliphatic hydroxyl groups is 2. The van der Waals surface area contributed by atoms with Crippen LogP contribution in [0, 0.1) is 0 Å². The van der Waals surface area contributed by atoms with E-state index in [1.165, 1.54) is 27.4 Å². The summed E-state index contributed by atoms with van der Waals surface area (Å²) in [7, 11) is -7.79. The number of sulfone groups is 1. The van der Waals surface area contributed by atoms with Crippen LogP contribution in [0.15, 0.2) is 76.5 Å². The number of hydrogen-bond donors (Lipinski definition) is 2. The van der Waals surface area contributed by atoms with Crippen LogP contribution in [0.4, 0.5) is 4.79 Å². The minimum absolute atomic E-state index is 0.0224. The lowest BCUT2D eigenvalue weighted by Gasteiger charge is -2.38. The summed E-state index contributed by atoms with van der Waals surface area (Å²) >= 11 is 0. The molecular weight excluding hydrogens is 777 g/mol. The van der Waals surface area contributed by atoms with Crippen molar-refractivity contribution in [3.63, 3.8) is 0 Å². The van der Waals surface area contributed by atoms with Crippen LogP contribution in [0.25, 0.3) is 11.1 Å². The van der Waals surface area contributed by atoms with E-state index in [9.17, 15) is 36.6 Å². The lowest BCUT2D eigenvalue weighted by Crippen LogP contribution is -2.50. The van der Waals surface area contributed by atoms with Gasteiger partial charge in [-0.15, -0.1) is 0 Å². The third kappa shape index (κ3) is 9.31. The van der Waals surface area contributed by atoms with E-state index in [-0.39, 0.29) is 60.7 Å². The van der Waals surface area contributed by atoms with E-state index in [1.54, 1.807) is 76.2 Å². The molecule has 3 aromatic rings. The summed E-state index contributed by atoms with van der Waals surface area (Å²) in [5, 5.41) is 20.8. The molecule has 3 aromatic carbocycles. The Labute approximate surface area is 334 Å². The molecule has 3 fully saturated rings. The SMILES string of the molecule is CCOc1ccc(-c2ccc(C=O)cc2)cc1S(=O)(=O)N1CCC2(CC1)C[C@@H](N(C[C@H](O)COc1cccc(S(=O)(=O)C3(CO)CC3)c1)C(=O)OC(C)(C)C)CO2. The number of aldehydes is 1. The lowest BCUT2D eigenvalue weighted by molar-refractivity contribution is -0.0329. The highest BCUT2D eigenvalue weighted by Crippen LogP contribution is 2.47. The molecule has 0 unspecified atom stereocenters. The van der Waals surface area contributed by atoms with E-state index in [4.69, 9.17) is 18.9 Å². The molecule has 57 heavy (non-hydrogen) atoms. The van der Waals surface area contributed by atoms with Gasteiger partial charge in [0.1, 0.15) is 41.0 Å². The molecule has 0 bridgehead atoms. The number of rotatable bonds is 15. The zero-order valence-corrected chi connectivity index (χ0v) is 34.4. The Kier molecular flexibility index (Phi) is 12.4. The molecule has 1 amide bonds. The molecule has 0 aromatic heterocycles. The molecule has 0 radical (unpaired) electrons. The Morgan fingerprint density at radius 2 is 1.67 bits per heavy atom. The van der Waals surface area contributed by atoms with Gasteiger partial charge in [0, 0.05) is 18.7 Å². The summed E-state index contributed by atoms with van der Waals surface area (Å²) in [6.07, 6.45) is 0.784. The molecule has 2 aliphatic heterocycles. The molecule has 2 heterocycles. The maximum absolute atomic E-state index is 14.2. The van der Waals surface area contributed by atoms with Crippen LogP contribution in [0.1, 0.15) is 70.2 Å². The number of amides is 1. The first-order valence-electron chi connectivity index (χ1n) is 19.2. The van der Waals surface area contributed by atoms with Crippen molar-refractivity contribution in [1.82, 2.24) is 9.21 Å². The maximum Gasteiger partial charge on any atom is 0.410 e. The van der Waals surface area contributed by atoms with Crippen LogP contribution < -0.4 is 9.47 Å². The van der Waals surface area contributed by atoms with Gasteiger partial charge in [0.25, 0.3) is 0 Å². The Morgan fingerprint density at radius 3 is 2.28 bits per heavy atom. The molecule has 14 nitrogen and oxygen atoms in total. The van der Waals surface area contributed by atoms with Gasteiger partial charge in [0.05, 0.1) is 47.7 Å². The molecule has 1 aliphatic carbocycles. The zero-order chi connectivity index (χ0) is 41.2. The average molecular weight is 829 g/mol. The summed E-state index contributed by atoms with van der Waals surface area (Å²) in [6, 6.07) is 17.3. The van der Waals surface area contributed by atoms with Crippen LogP contribution in [0.3, 0.4) is 0 Å². The molecular formula is C41H52N2O12S2. The van der Waals surface area contributed by atoms with Crippen molar-refractivity contribution in [2.75, 3.05) is 46.1 Å². The van der Waals surface area contributed by atoms with Gasteiger partial charge in [0.15, 0.2) is 9.84 Å². The maximum atomic E-state index is 14.2. The molecule has 2 atom stereocenters. The van der Waals surface area contributed by atoms with Crippen LogP contribution in [0.5, 0.6) is 11.5 Å². The summed E-state index contributed by atoms with van der Waals surface area (Å²) in [6.45, 7) is 6.86. The van der Waals surface area contributed by atoms with Crippen LogP contribution in [-0.4, -0.2) is 123 Å². The normalized spacial score (nSPS) is 19.8. The van der Waals surface area contributed by atoms with Crippen LogP contribution >= 0.6 is 0 Å². The van der Waals surface area contributed by atoms with Gasteiger partial charge in [0.2, 0.25) is 10.0 Å². The van der Waals surface area contributed by atoms with E-state index in [0.29, 0.717) is 43.2 Å². The number of hydrogen-bond acceptors (Lipinski definition) is 12. The van der Waals surface area contributed by atoms with Crippen molar-refractivity contribution in [2.24, 2.45) is 0 Å². The van der Waals surface area contributed by atoms with E-state index in [1.807, 2.05) is 0 Å². The summed E-state index contributed by atoms with van der Waals surface area (Å²) in [5.41, 5.74) is 0.368. The highest BCUT2D eigenvalue weighted by atomic mass is 32.2. The summed E-state index contributed by atoms with van der Waals surface area (Å²) < 4.78 is 78.5. The quantitative estimate of drug-likeness (QED) is 0.199. The molecule has 2 N–H and O–H groups in total. The van der Waals surface area contributed by atoms with Gasteiger partial charge in [-0.05, 0) is 101 Å². The summed E-state index contributed by atoms with van der Waals surface area (Å²) in [5.74, 6) is 0.454. The number of sulfonamides is 1. The van der Waals surface area contributed by atoms with Crippen LogP contribution in [0.2, 0.25) is 0 Å². The third-order valence-electron chi connectivity index (χ3n) is 10.8. The van der Waals surface area contributed by atoms with E-state index >= 15 is 0 Å². The second kappa shape index (κ2) is 16.7. The fraction of sp³-hybridized carbons (Fsp3) is 0.512. The first-order chi connectivity index (χ1) is 26.9. The second-order valence-electron chi connectivity index (χ2n) is 16.0. The molecule has 2 saturated heterocycles. The Balaban J connectivity index is 1.12. The number of piperidine rings is 1. The van der Waals surface area contributed by atoms with Crippen molar-refractivity contribution in [1.29, 1.82) is 0 Å². The molecule has 16 heteroatoms. The largest absolute Gasteiger partial charge is 0.492 e. The first kappa shape index (κ1) is 42.5. The summed E-state index contributed by atoms with van der Waals surface area (Å²) in [4.78, 5) is 26.2. The Bertz CT molecular complexity index is 2140. The first-order valence-corrected chi connectivity index (χ1v) is 22.1. The third-order valence-corrected chi connectivity index (χ3v) is 15.2. The van der Waals surface area contributed by atoms with E-state index < -0.39 is 60.7 Å². The topological polar surface area (TPSA) is 186 Å². The van der Waals surface area contributed by atoms with Crippen molar-refractivity contribution in [3.05, 3.63) is 72.3 Å². The number of ether oxygens (including phenoxy) is 4. The Hall–Kier alpha value is -4.06. The van der Waals surface area contributed by atoms with Crippen molar-refractivity contribution < 1.29 is 55.6 Å². The minimum atomic E-state index is -4.01. The van der Waals surface area contributed by atoms with E-state index in [2.05, 4.69) is 0 Å². The monoisotopic (exact) mass is 828 g/mol. The molecule has 1 spiro atoms. The van der Waals surface area contributed by atoms with Gasteiger partial charge < -0.3 is 34.1 Å². The second-order valence-corrected chi connectivity index (χ2v) is 20.3. The zero-order valence-electron chi connectivity index (χ0n) is 32.8. The number of benzene rings is 3. The molecule has 6 rings (SSSR count). The lowest BCUT2D eigenvalue weighted by atomic mass is 9.88. The highest BCUT2D eigenvalue weighted by Gasteiger charge is 2.54. The predicted molar refractivity (Wildman–Crippen MR) is 211 cm³/mol. The Morgan fingerprint density at radius 1 is 0.982 bits per heavy atom. The number of aliphatic hydroxyl groups excluding tert-OH is 2. The van der Waals surface area contributed by atoms with Crippen LogP contribution in [-0.2, 0) is 29.3 Å². The molecule has 1 saturated carbocycles. The number of carbonyl (C=O) groups excluding carboxylic acids is 2.